The largest absolute Gasteiger partial charge is 0.374 e. The number of fused-ring (bicyclic) bond motifs is 1. The Morgan fingerprint density at radius 3 is 3.06 bits per heavy atom. The van der Waals surface area contributed by atoms with Crippen molar-refractivity contribution in [3.63, 3.8) is 0 Å². The molecule has 2 nitrogen and oxygen atoms in total. The van der Waals surface area contributed by atoms with Crippen LogP contribution in [0.3, 0.4) is 0 Å². The average molecular weight is 230 g/mol. The quantitative estimate of drug-likeness (QED) is 0.855. The lowest BCUT2D eigenvalue weighted by atomic mass is 10.1. The van der Waals surface area contributed by atoms with Crippen molar-refractivity contribution in [1.29, 1.82) is 0 Å². The zero-order valence-corrected chi connectivity index (χ0v) is 11.0. The highest BCUT2D eigenvalue weighted by Crippen LogP contribution is 2.27. The number of benzene rings is 1. The van der Waals surface area contributed by atoms with E-state index < -0.39 is 0 Å². The maximum Gasteiger partial charge on any atom is 0.0397 e. The lowest BCUT2D eigenvalue weighted by molar-refractivity contribution is 0.663. The van der Waals surface area contributed by atoms with Crippen LogP contribution >= 0.6 is 0 Å². The number of nitrogens with one attached hydrogen (secondary N) is 1. The van der Waals surface area contributed by atoms with Crippen LogP contribution in [0.25, 0.3) is 6.08 Å². The smallest absolute Gasteiger partial charge is 0.0397 e. The monoisotopic (exact) mass is 230 g/mol. The Hall–Kier alpha value is -1.28. The maximum atomic E-state index is 3.38. The Labute approximate surface area is 104 Å². The third-order valence-electron chi connectivity index (χ3n) is 3.33. The number of hydrogen-bond donors (Lipinski definition) is 1. The molecule has 17 heavy (non-hydrogen) atoms. The zero-order chi connectivity index (χ0) is 12.3. The van der Waals surface area contributed by atoms with Gasteiger partial charge in [0.1, 0.15) is 0 Å². The first-order chi connectivity index (χ1) is 8.20. The minimum absolute atomic E-state index is 0.441. The van der Waals surface area contributed by atoms with Crippen molar-refractivity contribution >= 4 is 11.8 Å². The molecular formula is C15H22N2. The molecule has 2 heteroatoms. The van der Waals surface area contributed by atoms with Crippen LogP contribution in [-0.4, -0.2) is 26.2 Å². The van der Waals surface area contributed by atoms with E-state index in [0.717, 1.165) is 13.1 Å². The van der Waals surface area contributed by atoms with Crippen molar-refractivity contribution in [2.75, 3.05) is 25.0 Å². The fraction of sp³-hybridized carbons (Fsp3) is 0.467. The number of hydrogen-bond acceptors (Lipinski definition) is 2. The van der Waals surface area contributed by atoms with E-state index in [1.807, 2.05) is 0 Å². The summed E-state index contributed by atoms with van der Waals surface area (Å²) in [5.74, 6) is 0. The highest BCUT2D eigenvalue weighted by Gasteiger charge is 2.14. The van der Waals surface area contributed by atoms with Crippen LogP contribution < -0.4 is 10.2 Å². The Morgan fingerprint density at radius 1 is 1.47 bits per heavy atom. The predicted octanol–water partition coefficient (Wildman–Crippen LogP) is 2.69. The highest BCUT2D eigenvalue weighted by atomic mass is 15.1. The van der Waals surface area contributed by atoms with Gasteiger partial charge < -0.3 is 10.2 Å². The minimum Gasteiger partial charge on any atom is -0.374 e. The molecule has 0 aliphatic carbocycles. The summed E-state index contributed by atoms with van der Waals surface area (Å²) in [6.07, 6.45) is 5.62. The summed E-state index contributed by atoms with van der Waals surface area (Å²) in [5, 5.41) is 3.38. The van der Waals surface area contributed by atoms with Gasteiger partial charge in [0.05, 0.1) is 0 Å². The van der Waals surface area contributed by atoms with Gasteiger partial charge >= 0.3 is 0 Å². The van der Waals surface area contributed by atoms with Gasteiger partial charge in [0.25, 0.3) is 0 Å². The molecule has 1 aromatic rings. The fourth-order valence-electron chi connectivity index (χ4n) is 2.34. The van der Waals surface area contributed by atoms with Crippen molar-refractivity contribution < 1.29 is 0 Å². The molecule has 2 rings (SSSR count). The third kappa shape index (κ3) is 2.89. The standard InChI is InChI=1S/C15H22N2/c1-4-16-12(2)5-6-13-7-8-15-14(11-13)9-10-17(15)3/h5-8,11-12,16H,4,9-10H2,1-3H3/b6-5+. The van der Waals surface area contributed by atoms with Crippen LogP contribution in [0, 0.1) is 0 Å². The molecule has 0 amide bonds. The topological polar surface area (TPSA) is 15.3 Å². The molecule has 1 heterocycles. The van der Waals surface area contributed by atoms with Gasteiger partial charge in [-0.05, 0) is 43.1 Å². The van der Waals surface area contributed by atoms with Crippen LogP contribution in [0.2, 0.25) is 0 Å². The van der Waals surface area contributed by atoms with Crippen molar-refractivity contribution in [2.45, 2.75) is 26.3 Å². The van der Waals surface area contributed by atoms with E-state index >= 15 is 0 Å². The van der Waals surface area contributed by atoms with Crippen LogP contribution in [0.4, 0.5) is 5.69 Å². The summed E-state index contributed by atoms with van der Waals surface area (Å²) in [4.78, 5) is 2.32. The summed E-state index contributed by atoms with van der Waals surface area (Å²) in [7, 11) is 2.16. The summed E-state index contributed by atoms with van der Waals surface area (Å²) < 4.78 is 0. The Kier molecular flexibility index (Phi) is 3.85. The van der Waals surface area contributed by atoms with Gasteiger partial charge in [-0.3, -0.25) is 0 Å². The van der Waals surface area contributed by atoms with Crippen LogP contribution in [0.1, 0.15) is 25.0 Å². The second kappa shape index (κ2) is 5.37. The molecule has 0 saturated heterocycles. The molecular weight excluding hydrogens is 208 g/mol. The van der Waals surface area contributed by atoms with E-state index in [2.05, 4.69) is 61.5 Å². The van der Waals surface area contributed by atoms with Crippen molar-refractivity contribution in [2.24, 2.45) is 0 Å². The van der Waals surface area contributed by atoms with E-state index in [4.69, 9.17) is 0 Å². The molecule has 0 saturated carbocycles. The average Bonchev–Trinajstić information content (AvgIpc) is 2.69. The number of nitrogens with zero attached hydrogens (tertiary/aromatic N) is 1. The molecule has 1 atom stereocenters. The summed E-state index contributed by atoms with van der Waals surface area (Å²) in [6.45, 7) is 6.48. The molecule has 0 bridgehead atoms. The maximum absolute atomic E-state index is 3.38. The van der Waals surface area contributed by atoms with Crippen molar-refractivity contribution in [3.8, 4) is 0 Å². The van der Waals surface area contributed by atoms with Gasteiger partial charge in [-0.15, -0.1) is 0 Å². The van der Waals surface area contributed by atoms with E-state index in [9.17, 15) is 0 Å². The lowest BCUT2D eigenvalue weighted by Gasteiger charge is -2.11. The minimum atomic E-state index is 0.441. The summed E-state index contributed by atoms with van der Waals surface area (Å²) >= 11 is 0. The Bertz CT molecular complexity index is 409. The van der Waals surface area contributed by atoms with E-state index in [-0.39, 0.29) is 0 Å². The molecule has 92 valence electrons. The molecule has 0 fully saturated rings. The van der Waals surface area contributed by atoms with E-state index in [0.29, 0.717) is 6.04 Å². The van der Waals surface area contributed by atoms with Crippen LogP contribution in [0.5, 0.6) is 0 Å². The lowest BCUT2D eigenvalue weighted by Crippen LogP contribution is -2.22. The van der Waals surface area contributed by atoms with Crippen molar-refractivity contribution in [1.82, 2.24) is 5.32 Å². The van der Waals surface area contributed by atoms with Gasteiger partial charge in [0.2, 0.25) is 0 Å². The van der Waals surface area contributed by atoms with Crippen molar-refractivity contribution in [3.05, 3.63) is 35.4 Å². The first-order valence-electron chi connectivity index (χ1n) is 6.46. The number of anilines is 1. The molecule has 0 spiro atoms. The molecule has 0 aromatic heterocycles. The first kappa shape index (κ1) is 12.2. The van der Waals surface area contributed by atoms with Gasteiger partial charge in [-0.1, -0.05) is 25.1 Å². The van der Waals surface area contributed by atoms with Gasteiger partial charge in [0.15, 0.2) is 0 Å². The van der Waals surface area contributed by atoms with Crippen LogP contribution in [0.15, 0.2) is 24.3 Å². The first-order valence-corrected chi connectivity index (χ1v) is 6.46. The molecule has 1 N–H and O–H groups in total. The number of rotatable bonds is 4. The Morgan fingerprint density at radius 2 is 2.29 bits per heavy atom. The molecule has 1 unspecified atom stereocenters. The second-order valence-electron chi connectivity index (χ2n) is 4.77. The van der Waals surface area contributed by atoms with Crippen LogP contribution in [-0.2, 0) is 6.42 Å². The SMILES string of the molecule is CCNC(C)/C=C/c1ccc2c(c1)CCN2C. The van der Waals surface area contributed by atoms with E-state index in [1.165, 1.54) is 23.2 Å². The van der Waals surface area contributed by atoms with Gasteiger partial charge in [-0.2, -0.15) is 0 Å². The normalized spacial score (nSPS) is 16.5. The Balaban J connectivity index is 2.08. The highest BCUT2D eigenvalue weighted by molar-refractivity contribution is 5.63. The zero-order valence-electron chi connectivity index (χ0n) is 11.0. The third-order valence-corrected chi connectivity index (χ3v) is 3.33. The number of likely N-dealkylation sites (N-methyl/N-ethyl adjacent to an activating group) is 2. The molecule has 1 aliphatic rings. The summed E-state index contributed by atoms with van der Waals surface area (Å²) in [5.41, 5.74) is 4.18. The van der Waals surface area contributed by atoms with Gasteiger partial charge in [-0.25, -0.2) is 0 Å². The summed E-state index contributed by atoms with van der Waals surface area (Å²) in [6, 6.07) is 7.19. The fourth-order valence-corrected chi connectivity index (χ4v) is 2.34. The predicted molar refractivity (Wildman–Crippen MR) is 75.6 cm³/mol. The molecule has 0 radical (unpaired) electrons. The van der Waals surface area contributed by atoms with E-state index in [1.54, 1.807) is 0 Å². The molecule has 1 aromatic carbocycles. The molecule has 1 aliphatic heterocycles. The van der Waals surface area contributed by atoms with Gasteiger partial charge in [0, 0.05) is 25.3 Å². The second-order valence-corrected chi connectivity index (χ2v) is 4.77.